The molecule has 0 amide bonds. The first kappa shape index (κ1) is 11.4. The quantitative estimate of drug-likeness (QED) is 0.576. The first-order chi connectivity index (χ1) is 9.36. The molecule has 1 heterocycles. The van der Waals surface area contributed by atoms with Gasteiger partial charge in [-0.2, -0.15) is 0 Å². The first-order valence-corrected chi connectivity index (χ1v) is 5.83. The van der Waals surface area contributed by atoms with E-state index in [4.69, 9.17) is 9.47 Å². The van der Waals surface area contributed by atoms with Crippen molar-refractivity contribution in [2.24, 2.45) is 0 Å². The van der Waals surface area contributed by atoms with Crippen molar-refractivity contribution < 1.29 is 14.3 Å². The molecule has 1 aliphatic heterocycles. The summed E-state index contributed by atoms with van der Waals surface area (Å²) in [6.07, 6.45) is 0.775. The summed E-state index contributed by atoms with van der Waals surface area (Å²) in [6.45, 7) is 0.184. The molecule has 2 aromatic carbocycles. The third-order valence-corrected chi connectivity index (χ3v) is 2.79. The van der Waals surface area contributed by atoms with Crippen LogP contribution in [0.5, 0.6) is 11.5 Å². The van der Waals surface area contributed by atoms with Crippen LogP contribution in [0.15, 0.2) is 42.5 Å². The van der Waals surface area contributed by atoms with Gasteiger partial charge >= 0.3 is 0 Å². The van der Waals surface area contributed by atoms with Crippen LogP contribution >= 0.6 is 0 Å². The van der Waals surface area contributed by atoms with Crippen molar-refractivity contribution in [3.8, 4) is 23.3 Å². The van der Waals surface area contributed by atoms with Gasteiger partial charge in [-0.3, -0.25) is 4.79 Å². The second-order valence-electron chi connectivity index (χ2n) is 4.03. The van der Waals surface area contributed by atoms with Crippen molar-refractivity contribution in [3.05, 3.63) is 59.2 Å². The van der Waals surface area contributed by atoms with E-state index in [1.165, 1.54) is 0 Å². The summed E-state index contributed by atoms with van der Waals surface area (Å²) in [5.41, 5.74) is 2.05. The van der Waals surface area contributed by atoms with Gasteiger partial charge in [-0.1, -0.05) is 30.0 Å². The molecule has 0 radical (unpaired) electrons. The van der Waals surface area contributed by atoms with E-state index in [1.54, 1.807) is 12.1 Å². The zero-order valence-corrected chi connectivity index (χ0v) is 10.1. The lowest BCUT2D eigenvalue weighted by Crippen LogP contribution is -1.92. The van der Waals surface area contributed by atoms with Crippen molar-refractivity contribution in [3.63, 3.8) is 0 Å². The van der Waals surface area contributed by atoms with Crippen LogP contribution in [-0.2, 0) is 0 Å². The van der Waals surface area contributed by atoms with E-state index >= 15 is 0 Å². The van der Waals surface area contributed by atoms with Crippen LogP contribution in [0.25, 0.3) is 0 Å². The molecule has 0 atom stereocenters. The Morgan fingerprint density at radius 1 is 1.00 bits per heavy atom. The number of rotatable bonds is 1. The summed E-state index contributed by atoms with van der Waals surface area (Å²) in [5, 5.41) is 0. The number of hydrogen-bond acceptors (Lipinski definition) is 3. The van der Waals surface area contributed by atoms with Gasteiger partial charge in [-0.25, -0.2) is 0 Å². The van der Waals surface area contributed by atoms with Crippen LogP contribution < -0.4 is 9.47 Å². The average Bonchev–Trinajstić information content (AvgIpc) is 2.92. The highest BCUT2D eigenvalue weighted by Gasteiger charge is 2.16. The van der Waals surface area contributed by atoms with E-state index in [0.717, 1.165) is 11.8 Å². The van der Waals surface area contributed by atoms with Crippen molar-refractivity contribution in [1.82, 2.24) is 0 Å². The Morgan fingerprint density at radius 2 is 1.74 bits per heavy atom. The van der Waals surface area contributed by atoms with E-state index in [1.807, 2.05) is 30.3 Å². The Morgan fingerprint density at radius 3 is 2.47 bits per heavy atom. The van der Waals surface area contributed by atoms with E-state index < -0.39 is 0 Å². The maximum atomic E-state index is 11.1. The van der Waals surface area contributed by atoms with Gasteiger partial charge in [0, 0.05) is 22.8 Å². The predicted molar refractivity (Wildman–Crippen MR) is 70.4 cm³/mol. The normalized spacial score (nSPS) is 11.6. The van der Waals surface area contributed by atoms with Crippen molar-refractivity contribution in [2.75, 3.05) is 6.79 Å². The molecule has 0 N–H and O–H groups in total. The summed E-state index contributed by atoms with van der Waals surface area (Å²) in [7, 11) is 0. The van der Waals surface area contributed by atoms with Crippen LogP contribution in [0.4, 0.5) is 0 Å². The van der Waals surface area contributed by atoms with E-state index in [9.17, 15) is 4.79 Å². The zero-order chi connectivity index (χ0) is 13.1. The van der Waals surface area contributed by atoms with Crippen LogP contribution in [0.3, 0.4) is 0 Å². The molecule has 1 aliphatic rings. The fourth-order valence-electron chi connectivity index (χ4n) is 1.82. The Kier molecular flexibility index (Phi) is 2.91. The van der Waals surface area contributed by atoms with Gasteiger partial charge in [-0.15, -0.1) is 0 Å². The molecule has 0 saturated heterocycles. The maximum Gasteiger partial charge on any atom is 0.231 e. The van der Waals surface area contributed by atoms with Gasteiger partial charge in [0.1, 0.15) is 0 Å². The van der Waals surface area contributed by atoms with Gasteiger partial charge in [0.15, 0.2) is 17.8 Å². The van der Waals surface area contributed by atoms with Crippen LogP contribution in [0, 0.1) is 11.8 Å². The molecule has 3 heteroatoms. The minimum absolute atomic E-state index is 0.184. The smallest absolute Gasteiger partial charge is 0.231 e. The lowest BCUT2D eigenvalue weighted by molar-refractivity contribution is 0.112. The van der Waals surface area contributed by atoms with Crippen LogP contribution in [0.2, 0.25) is 0 Å². The number of carbonyl (C=O) groups excluding carboxylic acids is 1. The largest absolute Gasteiger partial charge is 0.454 e. The maximum absolute atomic E-state index is 11.1. The second-order valence-corrected chi connectivity index (χ2v) is 4.03. The Balaban J connectivity index is 2.01. The number of hydrogen-bond donors (Lipinski definition) is 0. The number of ether oxygens (including phenoxy) is 2. The molecular formula is C16H10O3. The molecular weight excluding hydrogens is 240 g/mol. The first-order valence-electron chi connectivity index (χ1n) is 5.83. The van der Waals surface area contributed by atoms with Crippen molar-refractivity contribution in [1.29, 1.82) is 0 Å². The van der Waals surface area contributed by atoms with Crippen molar-refractivity contribution >= 4 is 6.29 Å². The number of carbonyl (C=O) groups is 1. The molecule has 19 heavy (non-hydrogen) atoms. The zero-order valence-electron chi connectivity index (χ0n) is 10.1. The standard InChI is InChI=1S/C16H10O3/c17-10-14-9-16-15(18-11-19-16)8-13(14)7-6-12-4-2-1-3-5-12/h1-5,8-10H,11H2. The second kappa shape index (κ2) is 4.87. The molecule has 0 spiro atoms. The molecule has 0 saturated carbocycles. The van der Waals surface area contributed by atoms with Gasteiger partial charge in [0.05, 0.1) is 0 Å². The fourth-order valence-corrected chi connectivity index (χ4v) is 1.82. The lowest BCUT2D eigenvalue weighted by atomic mass is 10.1. The summed E-state index contributed by atoms with van der Waals surface area (Å²) >= 11 is 0. The monoisotopic (exact) mass is 250 g/mol. The molecule has 0 fully saturated rings. The highest BCUT2D eigenvalue weighted by atomic mass is 16.7. The third kappa shape index (κ3) is 2.29. The minimum atomic E-state index is 0.184. The van der Waals surface area contributed by atoms with Crippen LogP contribution in [0.1, 0.15) is 21.5 Å². The predicted octanol–water partition coefficient (Wildman–Crippen LogP) is 2.63. The average molecular weight is 250 g/mol. The summed E-state index contributed by atoms with van der Waals surface area (Å²) < 4.78 is 10.5. The number of benzene rings is 2. The molecule has 0 unspecified atom stereocenters. The van der Waals surface area contributed by atoms with E-state index in [-0.39, 0.29) is 6.79 Å². The molecule has 3 rings (SSSR count). The van der Waals surface area contributed by atoms with Gasteiger partial charge in [-0.05, 0) is 18.2 Å². The third-order valence-electron chi connectivity index (χ3n) is 2.79. The number of aldehydes is 1. The Hall–Kier alpha value is -2.73. The highest BCUT2D eigenvalue weighted by molar-refractivity contribution is 5.81. The summed E-state index contributed by atoms with van der Waals surface area (Å²) in [6, 6.07) is 13.0. The lowest BCUT2D eigenvalue weighted by Gasteiger charge is -2.00. The van der Waals surface area contributed by atoms with Gasteiger partial charge in [0.25, 0.3) is 0 Å². The molecule has 92 valence electrons. The SMILES string of the molecule is O=Cc1cc2c(cc1C#Cc1ccccc1)OCO2. The number of fused-ring (bicyclic) bond motifs is 1. The molecule has 2 aromatic rings. The molecule has 0 aliphatic carbocycles. The summed E-state index contributed by atoms with van der Waals surface area (Å²) in [4.78, 5) is 11.1. The summed E-state index contributed by atoms with van der Waals surface area (Å²) in [5.74, 6) is 7.23. The van der Waals surface area contributed by atoms with Gasteiger partial charge < -0.3 is 9.47 Å². The highest BCUT2D eigenvalue weighted by Crippen LogP contribution is 2.34. The minimum Gasteiger partial charge on any atom is -0.454 e. The van der Waals surface area contributed by atoms with Crippen LogP contribution in [-0.4, -0.2) is 13.1 Å². The van der Waals surface area contributed by atoms with Gasteiger partial charge in [0.2, 0.25) is 6.79 Å². The Bertz CT molecular complexity index is 678. The van der Waals surface area contributed by atoms with E-state index in [0.29, 0.717) is 22.6 Å². The molecule has 0 aromatic heterocycles. The molecule has 3 nitrogen and oxygen atoms in total. The van der Waals surface area contributed by atoms with E-state index in [2.05, 4.69) is 11.8 Å². The topological polar surface area (TPSA) is 35.5 Å². The van der Waals surface area contributed by atoms with Crippen molar-refractivity contribution in [2.45, 2.75) is 0 Å². The molecule has 0 bridgehead atoms. The fraction of sp³-hybridized carbons (Fsp3) is 0.0625. The Labute approximate surface area is 110 Å².